The van der Waals surface area contributed by atoms with E-state index in [9.17, 15) is 9.59 Å². The van der Waals surface area contributed by atoms with Gasteiger partial charge in [0.25, 0.3) is 11.8 Å². The van der Waals surface area contributed by atoms with Crippen LogP contribution in [0.3, 0.4) is 0 Å². The number of hydrogen-bond acceptors (Lipinski definition) is 2. The number of unbranched alkanes of at least 4 members (excludes halogenated alkanes) is 3. The van der Waals surface area contributed by atoms with Crippen molar-refractivity contribution < 1.29 is 9.59 Å². The van der Waals surface area contributed by atoms with Crippen LogP contribution in [0.2, 0.25) is 0 Å². The first-order valence-electron chi connectivity index (χ1n) is 6.00. The Balaban J connectivity index is 0.00000162. The molecule has 0 atom stereocenters. The predicted octanol–water partition coefficient (Wildman–Crippen LogP) is 2.03. The maximum absolute atomic E-state index is 12.0. The molecule has 0 aliphatic carbocycles. The molecule has 91 valence electrons. The summed E-state index contributed by atoms with van der Waals surface area (Å²) < 4.78 is 0. The van der Waals surface area contributed by atoms with Crippen LogP contribution in [-0.4, -0.2) is 52.8 Å². The van der Waals surface area contributed by atoms with Crippen molar-refractivity contribution in [3.8, 4) is 0 Å². The van der Waals surface area contributed by atoms with Crippen molar-refractivity contribution in [3.05, 3.63) is 42.3 Å². The summed E-state index contributed by atoms with van der Waals surface area (Å²) >= 11 is 0. The fraction of sp³-hybridized carbons (Fsp3) is 0.357. The molecule has 1 aromatic rings. The molecule has 0 bridgehead atoms. The number of amides is 2. The van der Waals surface area contributed by atoms with Gasteiger partial charge in [-0.1, -0.05) is 38.3 Å². The third-order valence-corrected chi connectivity index (χ3v) is 3.01. The Morgan fingerprint density at radius 3 is 2.00 bits per heavy atom. The molecule has 1 radical (unpaired) electrons. The number of carbonyl (C=O) groups is 2. The van der Waals surface area contributed by atoms with E-state index in [0.717, 1.165) is 25.7 Å². The van der Waals surface area contributed by atoms with E-state index in [1.54, 1.807) is 24.3 Å². The topological polar surface area (TPSA) is 37.4 Å². The minimum atomic E-state index is -0.153. The van der Waals surface area contributed by atoms with E-state index in [0.29, 0.717) is 17.7 Å². The SMILES string of the molecule is [CH2]CCCCCN1C(=O)c2ccccc2C1=O.[NaH]. The Hall–Kier alpha value is -0.640. The average molecular weight is 254 g/mol. The molecule has 1 aromatic carbocycles. The monoisotopic (exact) mass is 254 g/mol. The second kappa shape index (κ2) is 7.07. The van der Waals surface area contributed by atoms with Crippen LogP contribution < -0.4 is 0 Å². The molecule has 1 aliphatic heterocycles. The summed E-state index contributed by atoms with van der Waals surface area (Å²) in [6.07, 6.45) is 3.82. The zero-order valence-electron chi connectivity index (χ0n) is 9.82. The number of nitrogens with zero attached hydrogens (tertiary/aromatic N) is 1. The Morgan fingerprint density at radius 2 is 1.50 bits per heavy atom. The van der Waals surface area contributed by atoms with Crippen molar-refractivity contribution >= 4 is 41.4 Å². The summed E-state index contributed by atoms with van der Waals surface area (Å²) in [5.41, 5.74) is 1.07. The summed E-state index contributed by atoms with van der Waals surface area (Å²) in [6.45, 7) is 4.29. The first kappa shape index (κ1) is 15.4. The molecule has 0 saturated carbocycles. The van der Waals surface area contributed by atoms with Gasteiger partial charge in [-0.25, -0.2) is 0 Å². The van der Waals surface area contributed by atoms with Gasteiger partial charge in [-0.05, 0) is 18.6 Å². The van der Waals surface area contributed by atoms with Gasteiger partial charge in [0.15, 0.2) is 0 Å². The van der Waals surface area contributed by atoms with Crippen molar-refractivity contribution in [2.24, 2.45) is 0 Å². The van der Waals surface area contributed by atoms with Crippen molar-refractivity contribution in [1.82, 2.24) is 4.90 Å². The second-order valence-corrected chi connectivity index (χ2v) is 4.22. The summed E-state index contributed by atoms with van der Waals surface area (Å²) in [5, 5.41) is 0. The molecule has 3 nitrogen and oxygen atoms in total. The zero-order valence-corrected chi connectivity index (χ0v) is 9.82. The maximum atomic E-state index is 12.0. The molecule has 1 aliphatic rings. The van der Waals surface area contributed by atoms with E-state index < -0.39 is 0 Å². The first-order chi connectivity index (χ1) is 8.25. The van der Waals surface area contributed by atoms with Crippen LogP contribution in [0.1, 0.15) is 46.4 Å². The van der Waals surface area contributed by atoms with Crippen LogP contribution in [0.15, 0.2) is 24.3 Å². The molecule has 2 amide bonds. The Morgan fingerprint density at radius 1 is 0.944 bits per heavy atom. The molecule has 0 fully saturated rings. The Labute approximate surface area is 130 Å². The van der Waals surface area contributed by atoms with Crippen LogP contribution in [-0.2, 0) is 0 Å². The van der Waals surface area contributed by atoms with Crippen LogP contribution in [0, 0.1) is 6.92 Å². The van der Waals surface area contributed by atoms with Gasteiger partial charge < -0.3 is 0 Å². The summed E-state index contributed by atoms with van der Waals surface area (Å²) in [6, 6.07) is 7.00. The molecular formula is C14H17NNaO2. The minimum absolute atomic E-state index is 0. The molecule has 0 saturated heterocycles. The standard InChI is InChI=1S/C14H16NO2.Na.H/c1-2-3-4-7-10-15-13(16)11-8-5-6-9-12(11)14(15)17;;/h5-6,8-9H,1-4,7,10H2;;. The van der Waals surface area contributed by atoms with Gasteiger partial charge in [0, 0.05) is 6.54 Å². The summed E-state index contributed by atoms with van der Waals surface area (Å²) in [4.78, 5) is 25.3. The fourth-order valence-electron chi connectivity index (χ4n) is 2.07. The van der Waals surface area contributed by atoms with Gasteiger partial charge in [-0.15, -0.1) is 0 Å². The van der Waals surface area contributed by atoms with Gasteiger partial charge in [-0.3, -0.25) is 14.5 Å². The predicted molar refractivity (Wildman–Crippen MR) is 72.8 cm³/mol. The van der Waals surface area contributed by atoms with Gasteiger partial charge in [0.05, 0.1) is 11.1 Å². The number of benzene rings is 1. The normalized spacial score (nSPS) is 13.5. The van der Waals surface area contributed by atoms with E-state index in [2.05, 4.69) is 6.92 Å². The van der Waals surface area contributed by atoms with Crippen molar-refractivity contribution in [1.29, 1.82) is 0 Å². The number of fused-ring (bicyclic) bond motifs is 1. The molecule has 2 rings (SSSR count). The third-order valence-electron chi connectivity index (χ3n) is 3.01. The molecule has 4 heteroatoms. The average Bonchev–Trinajstić information content (AvgIpc) is 2.60. The van der Waals surface area contributed by atoms with E-state index >= 15 is 0 Å². The van der Waals surface area contributed by atoms with E-state index in [1.807, 2.05) is 0 Å². The molecule has 1 heterocycles. The summed E-state index contributed by atoms with van der Waals surface area (Å²) in [5.74, 6) is -0.305. The van der Waals surface area contributed by atoms with Crippen molar-refractivity contribution in [2.45, 2.75) is 25.7 Å². The van der Waals surface area contributed by atoms with Crippen LogP contribution in [0.4, 0.5) is 0 Å². The van der Waals surface area contributed by atoms with Gasteiger partial charge in [0.1, 0.15) is 0 Å². The van der Waals surface area contributed by atoms with Crippen LogP contribution >= 0.6 is 0 Å². The number of rotatable bonds is 5. The van der Waals surface area contributed by atoms with Crippen LogP contribution in [0.5, 0.6) is 0 Å². The van der Waals surface area contributed by atoms with Gasteiger partial charge >= 0.3 is 29.6 Å². The first-order valence-corrected chi connectivity index (χ1v) is 6.00. The fourth-order valence-corrected chi connectivity index (χ4v) is 2.07. The van der Waals surface area contributed by atoms with E-state index in [1.165, 1.54) is 4.90 Å². The number of hydrogen-bond donors (Lipinski definition) is 0. The molecule has 0 spiro atoms. The molecule has 0 N–H and O–H groups in total. The third kappa shape index (κ3) is 3.02. The molecule has 0 unspecified atom stereocenters. The van der Waals surface area contributed by atoms with E-state index in [4.69, 9.17) is 0 Å². The number of carbonyl (C=O) groups excluding carboxylic acids is 2. The van der Waals surface area contributed by atoms with Crippen molar-refractivity contribution in [2.75, 3.05) is 6.54 Å². The summed E-state index contributed by atoms with van der Waals surface area (Å²) in [7, 11) is 0. The van der Waals surface area contributed by atoms with Gasteiger partial charge in [0.2, 0.25) is 0 Å². The van der Waals surface area contributed by atoms with E-state index in [-0.39, 0.29) is 41.4 Å². The quantitative estimate of drug-likeness (QED) is 0.458. The Bertz CT molecular complexity index is 410. The zero-order chi connectivity index (χ0) is 12.3. The number of imide groups is 1. The second-order valence-electron chi connectivity index (χ2n) is 4.22. The van der Waals surface area contributed by atoms with Crippen molar-refractivity contribution in [3.63, 3.8) is 0 Å². The Kier molecular flexibility index (Phi) is 6.06. The molecule has 18 heavy (non-hydrogen) atoms. The van der Waals surface area contributed by atoms with Crippen LogP contribution in [0.25, 0.3) is 0 Å². The molecule has 0 aromatic heterocycles. The molecular weight excluding hydrogens is 237 g/mol. The van der Waals surface area contributed by atoms with Gasteiger partial charge in [-0.2, -0.15) is 0 Å².